The summed E-state index contributed by atoms with van der Waals surface area (Å²) in [6, 6.07) is 11.0. The fraction of sp³-hybridized carbons (Fsp3) is 0.0769. The normalized spacial score (nSPS) is 13.1. The maximum atomic E-state index is 2.32. The molecular formula is C13H10Se. The molecule has 1 heterocycles. The van der Waals surface area contributed by atoms with Gasteiger partial charge in [-0.1, -0.05) is 0 Å². The van der Waals surface area contributed by atoms with Crippen molar-refractivity contribution in [2.24, 2.45) is 0 Å². The standard InChI is InChI=1S/C13H10Se/c1-2-4-11-9-12-7-8-14-13(12)6-5-10(11)3-1/h1-8H,9H2. The van der Waals surface area contributed by atoms with Gasteiger partial charge in [-0.3, -0.25) is 0 Å². The molecule has 1 aromatic heterocycles. The van der Waals surface area contributed by atoms with Crippen molar-refractivity contribution in [1.82, 2.24) is 0 Å². The SMILES string of the molecule is C1=Cc2[se]ccc2Cc2ccccc21. The second-order valence-corrected chi connectivity index (χ2v) is 5.51. The van der Waals surface area contributed by atoms with E-state index in [0.29, 0.717) is 14.5 Å². The Balaban J connectivity index is 2.19. The van der Waals surface area contributed by atoms with Crippen molar-refractivity contribution in [2.45, 2.75) is 6.42 Å². The molecule has 68 valence electrons. The Morgan fingerprint density at radius 1 is 0.929 bits per heavy atom. The second kappa shape index (κ2) is 3.27. The van der Waals surface area contributed by atoms with Gasteiger partial charge in [0.2, 0.25) is 0 Å². The summed E-state index contributed by atoms with van der Waals surface area (Å²) in [5.41, 5.74) is 4.36. The Labute approximate surface area is 89.6 Å². The van der Waals surface area contributed by atoms with Crippen LogP contribution in [0, 0.1) is 0 Å². The van der Waals surface area contributed by atoms with Crippen LogP contribution < -0.4 is 0 Å². The van der Waals surface area contributed by atoms with E-state index in [9.17, 15) is 0 Å². The van der Waals surface area contributed by atoms with Crippen LogP contribution in [0.3, 0.4) is 0 Å². The summed E-state index contributed by atoms with van der Waals surface area (Å²) in [5, 5.41) is 0. The zero-order chi connectivity index (χ0) is 9.38. The van der Waals surface area contributed by atoms with Gasteiger partial charge in [-0.2, -0.15) is 0 Å². The summed E-state index contributed by atoms with van der Waals surface area (Å²) in [4.78, 5) is 2.32. The molecule has 0 atom stereocenters. The number of hydrogen-bond acceptors (Lipinski definition) is 0. The molecule has 0 saturated carbocycles. The Morgan fingerprint density at radius 3 is 2.86 bits per heavy atom. The van der Waals surface area contributed by atoms with Gasteiger partial charge in [0, 0.05) is 0 Å². The first kappa shape index (κ1) is 8.28. The molecule has 0 spiro atoms. The van der Waals surface area contributed by atoms with Crippen molar-refractivity contribution in [3.8, 4) is 0 Å². The third-order valence-corrected chi connectivity index (χ3v) is 4.57. The average Bonchev–Trinajstić information content (AvgIpc) is 2.58. The van der Waals surface area contributed by atoms with Crippen molar-refractivity contribution in [2.75, 3.05) is 0 Å². The molecule has 14 heavy (non-hydrogen) atoms. The van der Waals surface area contributed by atoms with Crippen LogP contribution in [0.15, 0.2) is 35.3 Å². The maximum absolute atomic E-state index is 2.32. The first-order valence-corrected chi connectivity index (χ1v) is 6.60. The first-order valence-electron chi connectivity index (χ1n) is 4.76. The van der Waals surface area contributed by atoms with Gasteiger partial charge in [0.25, 0.3) is 0 Å². The predicted molar refractivity (Wildman–Crippen MR) is 61.6 cm³/mol. The van der Waals surface area contributed by atoms with Crippen molar-refractivity contribution in [3.05, 3.63) is 56.4 Å². The van der Waals surface area contributed by atoms with E-state index in [1.807, 2.05) is 0 Å². The van der Waals surface area contributed by atoms with E-state index in [1.54, 1.807) is 4.44 Å². The number of fused-ring (bicyclic) bond motifs is 2. The van der Waals surface area contributed by atoms with Crippen LogP contribution in [-0.4, -0.2) is 14.5 Å². The minimum atomic E-state index is 0.577. The molecule has 0 fully saturated rings. The summed E-state index contributed by atoms with van der Waals surface area (Å²) in [6.45, 7) is 0. The summed E-state index contributed by atoms with van der Waals surface area (Å²) < 4.78 is 1.55. The quantitative estimate of drug-likeness (QED) is 0.534. The van der Waals surface area contributed by atoms with E-state index in [-0.39, 0.29) is 0 Å². The van der Waals surface area contributed by atoms with E-state index >= 15 is 0 Å². The molecular weight excluding hydrogens is 235 g/mol. The third-order valence-electron chi connectivity index (χ3n) is 2.63. The van der Waals surface area contributed by atoms with Crippen molar-refractivity contribution in [3.63, 3.8) is 0 Å². The van der Waals surface area contributed by atoms with Crippen LogP contribution in [0.25, 0.3) is 12.2 Å². The molecule has 1 aliphatic rings. The van der Waals surface area contributed by atoms with Gasteiger partial charge in [0.1, 0.15) is 0 Å². The van der Waals surface area contributed by atoms with Gasteiger partial charge in [0.15, 0.2) is 0 Å². The minimum absolute atomic E-state index is 0.577. The van der Waals surface area contributed by atoms with Gasteiger partial charge < -0.3 is 0 Å². The second-order valence-electron chi connectivity index (χ2n) is 3.52. The molecule has 0 nitrogen and oxygen atoms in total. The molecule has 1 heteroatoms. The third kappa shape index (κ3) is 1.30. The first-order chi connectivity index (χ1) is 6.93. The predicted octanol–water partition coefficient (Wildman–Crippen LogP) is 2.82. The van der Waals surface area contributed by atoms with E-state index in [2.05, 4.69) is 47.4 Å². The zero-order valence-corrected chi connectivity index (χ0v) is 9.45. The van der Waals surface area contributed by atoms with E-state index < -0.39 is 0 Å². The molecule has 0 bridgehead atoms. The van der Waals surface area contributed by atoms with E-state index in [1.165, 1.54) is 16.7 Å². The van der Waals surface area contributed by atoms with Gasteiger partial charge in [-0.15, -0.1) is 0 Å². The summed E-state index contributed by atoms with van der Waals surface area (Å²) in [6.07, 6.45) is 5.66. The van der Waals surface area contributed by atoms with Crippen LogP contribution in [0.4, 0.5) is 0 Å². The van der Waals surface area contributed by atoms with Crippen LogP contribution in [0.2, 0.25) is 0 Å². The van der Waals surface area contributed by atoms with Gasteiger partial charge in [-0.05, 0) is 0 Å². The van der Waals surface area contributed by atoms with Crippen molar-refractivity contribution < 1.29 is 0 Å². The van der Waals surface area contributed by atoms with Crippen molar-refractivity contribution in [1.29, 1.82) is 0 Å². The Morgan fingerprint density at radius 2 is 1.86 bits per heavy atom. The molecule has 0 unspecified atom stereocenters. The number of benzene rings is 1. The molecule has 0 N–H and O–H groups in total. The van der Waals surface area contributed by atoms with Crippen LogP contribution in [0.5, 0.6) is 0 Å². The van der Waals surface area contributed by atoms with Gasteiger partial charge in [-0.25, -0.2) is 0 Å². The molecule has 2 aromatic rings. The van der Waals surface area contributed by atoms with Gasteiger partial charge in [0.05, 0.1) is 0 Å². The van der Waals surface area contributed by atoms with Crippen molar-refractivity contribution >= 4 is 26.7 Å². The fourth-order valence-corrected chi connectivity index (χ4v) is 3.58. The molecule has 0 radical (unpaired) electrons. The Bertz CT molecular complexity index is 491. The molecule has 3 rings (SSSR count). The fourth-order valence-electron chi connectivity index (χ4n) is 1.87. The molecule has 0 saturated heterocycles. The van der Waals surface area contributed by atoms with E-state index in [0.717, 1.165) is 6.42 Å². The van der Waals surface area contributed by atoms with Crippen LogP contribution in [-0.2, 0) is 6.42 Å². The van der Waals surface area contributed by atoms with Crippen LogP contribution in [0.1, 0.15) is 21.1 Å². The molecule has 1 aliphatic carbocycles. The average molecular weight is 245 g/mol. The molecule has 0 amide bonds. The number of hydrogen-bond donors (Lipinski definition) is 0. The van der Waals surface area contributed by atoms with Crippen LogP contribution >= 0.6 is 0 Å². The summed E-state index contributed by atoms with van der Waals surface area (Å²) in [7, 11) is 0. The molecule has 1 aromatic carbocycles. The van der Waals surface area contributed by atoms with E-state index in [4.69, 9.17) is 0 Å². The summed E-state index contributed by atoms with van der Waals surface area (Å²) >= 11 is 0.577. The Hall–Kier alpha value is -1.04. The number of rotatable bonds is 0. The topological polar surface area (TPSA) is 0 Å². The Kier molecular flexibility index (Phi) is 1.93. The van der Waals surface area contributed by atoms with Gasteiger partial charge >= 0.3 is 89.5 Å². The zero-order valence-electron chi connectivity index (χ0n) is 7.73. The molecule has 0 aliphatic heterocycles. The monoisotopic (exact) mass is 246 g/mol. The summed E-state index contributed by atoms with van der Waals surface area (Å²) in [5.74, 6) is 0.